The Morgan fingerprint density at radius 3 is 2.61 bits per heavy atom. The smallest absolute Gasteiger partial charge is 0.195 e. The number of nitrogens with zero attached hydrogens (tertiary/aromatic N) is 1. The lowest BCUT2D eigenvalue weighted by atomic mass is 10.0. The van der Waals surface area contributed by atoms with Crippen LogP contribution in [0.15, 0.2) is 89.9 Å². The van der Waals surface area contributed by atoms with Crippen molar-refractivity contribution in [2.24, 2.45) is 0 Å². The van der Waals surface area contributed by atoms with Crippen molar-refractivity contribution in [3.05, 3.63) is 112 Å². The minimum atomic E-state index is -0.233. The zero-order valence-corrected chi connectivity index (χ0v) is 18.8. The number of hydrogen-bond acceptors (Lipinski definition) is 4. The fraction of sp³-hybridized carbons (Fsp3) is 0.154. The average Bonchev–Trinajstić information content (AvgIpc) is 3.24. The fourth-order valence-corrected chi connectivity index (χ4v) is 4.35. The Bertz CT molecular complexity index is 1140. The van der Waals surface area contributed by atoms with Crippen LogP contribution < -0.4 is 14.9 Å². The van der Waals surface area contributed by atoms with Crippen LogP contribution >= 0.6 is 15.9 Å². The number of benzene rings is 3. The summed E-state index contributed by atoms with van der Waals surface area (Å²) in [6, 6.07) is 22.9. The van der Waals surface area contributed by atoms with Crippen LogP contribution in [0.1, 0.15) is 34.5 Å². The largest absolute Gasteiger partial charge is 0.490 e. The first kappa shape index (κ1) is 19.9. The number of ether oxygens (including phenoxy) is 2. The molecule has 0 aliphatic carbocycles. The van der Waals surface area contributed by atoms with Gasteiger partial charge in [-0.3, -0.25) is 0 Å². The highest BCUT2D eigenvalue weighted by Gasteiger charge is 2.40. The molecule has 0 aromatic heterocycles. The zero-order chi connectivity index (χ0) is 21.4. The zero-order valence-electron chi connectivity index (χ0n) is 17.2. The molecule has 156 valence electrons. The van der Waals surface area contributed by atoms with Gasteiger partial charge < -0.3 is 14.9 Å². The third-order valence-corrected chi connectivity index (χ3v) is 6.04. The molecular formula is C26H23BrN2O2. The van der Waals surface area contributed by atoms with Gasteiger partial charge in [-0.25, -0.2) is 0 Å². The average molecular weight is 475 g/mol. The maximum absolute atomic E-state index is 6.45. The Morgan fingerprint density at radius 1 is 1.10 bits per heavy atom. The molecule has 0 radical (unpaired) electrons. The van der Waals surface area contributed by atoms with Crippen LogP contribution in [0.2, 0.25) is 0 Å². The Kier molecular flexibility index (Phi) is 5.30. The van der Waals surface area contributed by atoms with Gasteiger partial charge in [0.1, 0.15) is 18.1 Å². The highest BCUT2D eigenvalue weighted by molar-refractivity contribution is 9.10. The topological polar surface area (TPSA) is 33.7 Å². The Morgan fingerprint density at radius 2 is 1.87 bits per heavy atom. The van der Waals surface area contributed by atoms with E-state index in [2.05, 4.69) is 88.4 Å². The van der Waals surface area contributed by atoms with Gasteiger partial charge in [0.2, 0.25) is 0 Å². The van der Waals surface area contributed by atoms with Crippen LogP contribution in [0, 0.1) is 6.92 Å². The standard InChI is InChI=1S/C26H23BrN2O2/c1-3-14-30-21-11-8-18(9-12-21)23-16-24-22-15-20(27)10-13-25(22)31-26(29(24)28-23)19-6-4-17(2)5-7-19/h3-13,15-16,24,26,28H,1,14H2,2H3/t24-,26+/m0/s1. The van der Waals surface area contributed by atoms with Crippen molar-refractivity contribution in [3.8, 4) is 11.5 Å². The van der Waals surface area contributed by atoms with Crippen LogP contribution in [-0.4, -0.2) is 11.6 Å². The molecule has 31 heavy (non-hydrogen) atoms. The monoisotopic (exact) mass is 474 g/mol. The molecule has 0 fully saturated rings. The molecule has 2 atom stereocenters. The Hall–Kier alpha value is -3.02. The molecule has 1 N–H and O–H groups in total. The molecule has 3 aromatic carbocycles. The van der Waals surface area contributed by atoms with Gasteiger partial charge in [-0.15, -0.1) is 0 Å². The van der Waals surface area contributed by atoms with E-state index in [0.717, 1.165) is 38.4 Å². The first-order chi connectivity index (χ1) is 15.1. The van der Waals surface area contributed by atoms with Gasteiger partial charge >= 0.3 is 0 Å². The lowest BCUT2D eigenvalue weighted by molar-refractivity contribution is -0.0326. The molecule has 2 aliphatic rings. The number of hydrogen-bond donors (Lipinski definition) is 1. The molecule has 5 rings (SSSR count). The molecule has 0 spiro atoms. The quantitative estimate of drug-likeness (QED) is 0.438. The summed E-state index contributed by atoms with van der Waals surface area (Å²) >= 11 is 3.61. The van der Waals surface area contributed by atoms with E-state index in [0.29, 0.717) is 6.61 Å². The second kappa shape index (κ2) is 8.25. The number of hydrazine groups is 1. The van der Waals surface area contributed by atoms with Crippen LogP contribution in [0.4, 0.5) is 0 Å². The first-order valence-corrected chi connectivity index (χ1v) is 11.1. The van der Waals surface area contributed by atoms with Gasteiger partial charge in [-0.2, -0.15) is 5.01 Å². The SMILES string of the molecule is C=CCOc1ccc(C2=C[C@H]3c4cc(Br)ccc4O[C@H](c4ccc(C)cc4)N3N2)cc1. The van der Waals surface area contributed by atoms with Gasteiger partial charge in [-0.1, -0.05) is 58.4 Å². The number of aryl methyl sites for hydroxylation is 1. The van der Waals surface area contributed by atoms with Crippen molar-refractivity contribution in [1.29, 1.82) is 0 Å². The molecule has 0 bridgehead atoms. The van der Waals surface area contributed by atoms with Crippen LogP contribution in [-0.2, 0) is 0 Å². The van der Waals surface area contributed by atoms with Gasteiger partial charge in [0, 0.05) is 15.6 Å². The molecule has 2 aliphatic heterocycles. The summed E-state index contributed by atoms with van der Waals surface area (Å²) < 4.78 is 13.1. The minimum absolute atomic E-state index is 0.0549. The highest BCUT2D eigenvalue weighted by Crippen LogP contribution is 2.46. The molecule has 5 heteroatoms. The number of fused-ring (bicyclic) bond motifs is 3. The van der Waals surface area contributed by atoms with E-state index >= 15 is 0 Å². The first-order valence-electron chi connectivity index (χ1n) is 10.3. The van der Waals surface area contributed by atoms with Gasteiger partial charge in [-0.05, 0) is 61.0 Å². The van der Waals surface area contributed by atoms with Crippen molar-refractivity contribution in [1.82, 2.24) is 10.4 Å². The summed E-state index contributed by atoms with van der Waals surface area (Å²) in [5, 5.41) is 2.18. The van der Waals surface area contributed by atoms with Crippen LogP contribution in [0.25, 0.3) is 5.70 Å². The summed E-state index contributed by atoms with van der Waals surface area (Å²) in [6.45, 7) is 6.29. The van der Waals surface area contributed by atoms with E-state index < -0.39 is 0 Å². The highest BCUT2D eigenvalue weighted by atomic mass is 79.9. The van der Waals surface area contributed by atoms with Crippen molar-refractivity contribution >= 4 is 21.6 Å². The molecule has 3 aromatic rings. The van der Waals surface area contributed by atoms with E-state index in [4.69, 9.17) is 9.47 Å². The van der Waals surface area contributed by atoms with Gasteiger partial charge in [0.25, 0.3) is 0 Å². The second-order valence-electron chi connectivity index (χ2n) is 7.73. The minimum Gasteiger partial charge on any atom is -0.490 e. The Labute approximate surface area is 190 Å². The van der Waals surface area contributed by atoms with Crippen molar-refractivity contribution in [2.45, 2.75) is 19.2 Å². The lowest BCUT2D eigenvalue weighted by Gasteiger charge is -2.39. The second-order valence-corrected chi connectivity index (χ2v) is 8.65. The van der Waals surface area contributed by atoms with Crippen LogP contribution in [0.5, 0.6) is 11.5 Å². The van der Waals surface area contributed by atoms with Crippen molar-refractivity contribution < 1.29 is 9.47 Å². The summed E-state index contributed by atoms with van der Waals surface area (Å²) in [5.41, 5.74) is 9.21. The van der Waals surface area contributed by atoms with E-state index in [1.807, 2.05) is 24.3 Å². The Balaban J connectivity index is 1.50. The molecule has 4 nitrogen and oxygen atoms in total. The number of nitrogens with one attached hydrogen (secondary N) is 1. The third kappa shape index (κ3) is 3.87. The molecule has 0 saturated carbocycles. The third-order valence-electron chi connectivity index (χ3n) is 5.55. The fourth-order valence-electron chi connectivity index (χ4n) is 3.97. The van der Waals surface area contributed by atoms with Gasteiger partial charge in [0.05, 0.1) is 11.7 Å². The van der Waals surface area contributed by atoms with E-state index in [-0.39, 0.29) is 12.3 Å². The number of halogens is 1. The molecule has 0 unspecified atom stereocenters. The maximum Gasteiger partial charge on any atom is 0.195 e. The molecule has 2 heterocycles. The summed E-state index contributed by atoms with van der Waals surface area (Å²) in [4.78, 5) is 0. The number of rotatable bonds is 5. The van der Waals surface area contributed by atoms with Crippen LogP contribution in [0.3, 0.4) is 0 Å². The summed E-state index contributed by atoms with van der Waals surface area (Å²) in [5.74, 6) is 1.73. The van der Waals surface area contributed by atoms with E-state index in [9.17, 15) is 0 Å². The van der Waals surface area contributed by atoms with Crippen molar-refractivity contribution in [3.63, 3.8) is 0 Å². The normalized spacial score (nSPS) is 19.5. The predicted octanol–water partition coefficient (Wildman–Crippen LogP) is 6.32. The summed E-state index contributed by atoms with van der Waals surface area (Å²) in [6.07, 6.45) is 3.77. The van der Waals surface area contributed by atoms with E-state index in [1.165, 1.54) is 5.56 Å². The molecule has 0 saturated heterocycles. The van der Waals surface area contributed by atoms with Gasteiger partial charge in [0.15, 0.2) is 6.23 Å². The molecular weight excluding hydrogens is 452 g/mol. The maximum atomic E-state index is 6.45. The lowest BCUT2D eigenvalue weighted by Crippen LogP contribution is -2.43. The summed E-state index contributed by atoms with van der Waals surface area (Å²) in [7, 11) is 0. The van der Waals surface area contributed by atoms with E-state index in [1.54, 1.807) is 6.08 Å². The molecule has 0 amide bonds. The predicted molar refractivity (Wildman–Crippen MR) is 127 cm³/mol. The van der Waals surface area contributed by atoms with Crippen molar-refractivity contribution in [2.75, 3.05) is 6.61 Å².